The van der Waals surface area contributed by atoms with Crippen molar-refractivity contribution in [1.29, 1.82) is 0 Å². The molecule has 0 fully saturated rings. The highest BCUT2D eigenvalue weighted by molar-refractivity contribution is 5.99. The number of nitrogen functional groups attached to an aromatic ring is 1. The molecule has 0 saturated carbocycles. The summed E-state index contributed by atoms with van der Waals surface area (Å²) in [6.07, 6.45) is 0. The normalized spacial score (nSPS) is 9.95. The van der Waals surface area contributed by atoms with Gasteiger partial charge in [-0.25, -0.2) is 0 Å². The largest absolute Gasteiger partial charge is 0.491 e. The zero-order valence-corrected chi connectivity index (χ0v) is 12.0. The Kier molecular flexibility index (Phi) is 5.83. The molecule has 0 saturated heterocycles. The molecule has 0 aromatic heterocycles. The number of ether oxygens (including phenoxy) is 2. The minimum Gasteiger partial charge on any atom is -0.491 e. The molecular weight excluding hydrogens is 260 g/mol. The number of anilines is 1. The van der Waals surface area contributed by atoms with E-state index in [4.69, 9.17) is 15.2 Å². The molecule has 6 nitrogen and oxygen atoms in total. The Morgan fingerprint density at radius 3 is 2.55 bits per heavy atom. The molecule has 0 aliphatic heterocycles. The van der Waals surface area contributed by atoms with Gasteiger partial charge in [0, 0.05) is 7.05 Å². The van der Waals surface area contributed by atoms with E-state index in [0.29, 0.717) is 23.6 Å². The van der Waals surface area contributed by atoms with Gasteiger partial charge in [0.25, 0.3) is 5.91 Å². The molecule has 1 rings (SSSR count). The summed E-state index contributed by atoms with van der Waals surface area (Å²) in [6, 6.07) is 4.95. The van der Waals surface area contributed by atoms with Crippen molar-refractivity contribution in [3.05, 3.63) is 23.8 Å². The monoisotopic (exact) mass is 280 g/mol. The number of amides is 1. The van der Waals surface area contributed by atoms with Gasteiger partial charge in [0.15, 0.2) is 5.75 Å². The van der Waals surface area contributed by atoms with Crippen molar-refractivity contribution in [2.24, 2.45) is 0 Å². The van der Waals surface area contributed by atoms with E-state index >= 15 is 0 Å². The first-order valence-corrected chi connectivity index (χ1v) is 6.43. The number of nitrogens with two attached hydrogens (primary N) is 1. The van der Waals surface area contributed by atoms with E-state index in [-0.39, 0.29) is 19.1 Å². The van der Waals surface area contributed by atoms with Gasteiger partial charge < -0.3 is 20.1 Å². The minimum absolute atomic E-state index is 0.118. The molecule has 20 heavy (non-hydrogen) atoms. The van der Waals surface area contributed by atoms with E-state index in [1.54, 1.807) is 25.1 Å². The number of hydrogen-bond acceptors (Lipinski definition) is 5. The van der Waals surface area contributed by atoms with Crippen molar-refractivity contribution in [2.75, 3.05) is 32.5 Å². The van der Waals surface area contributed by atoms with Gasteiger partial charge in [0.05, 0.1) is 24.5 Å². The predicted octanol–water partition coefficient (Wildman–Crippen LogP) is 1.30. The number of esters is 1. The maximum Gasteiger partial charge on any atom is 0.325 e. The first-order chi connectivity index (χ1) is 9.51. The van der Waals surface area contributed by atoms with Crippen LogP contribution < -0.4 is 10.5 Å². The van der Waals surface area contributed by atoms with Crippen LogP contribution in [0.5, 0.6) is 5.75 Å². The maximum absolute atomic E-state index is 12.3. The lowest BCUT2D eigenvalue weighted by atomic mass is 10.1. The van der Waals surface area contributed by atoms with Crippen molar-refractivity contribution in [2.45, 2.75) is 13.8 Å². The standard InChI is InChI=1S/C14H20N2O4/c1-4-19-12(17)9-16(3)14(18)10-7-6-8-11(15)13(10)20-5-2/h6-8H,4-5,9,15H2,1-3H3. The van der Waals surface area contributed by atoms with Crippen LogP contribution in [0.25, 0.3) is 0 Å². The Labute approximate surface area is 118 Å². The molecule has 0 spiro atoms. The third-order valence-electron chi connectivity index (χ3n) is 2.58. The maximum atomic E-state index is 12.3. The van der Waals surface area contributed by atoms with Gasteiger partial charge in [-0.3, -0.25) is 9.59 Å². The Balaban J connectivity index is 2.91. The van der Waals surface area contributed by atoms with Crippen LogP contribution in [0.15, 0.2) is 18.2 Å². The molecule has 0 heterocycles. The second kappa shape index (κ2) is 7.37. The summed E-state index contributed by atoms with van der Waals surface area (Å²) in [5.74, 6) is -0.449. The number of carbonyl (C=O) groups excluding carboxylic acids is 2. The third kappa shape index (κ3) is 3.88. The molecule has 1 aromatic rings. The molecule has 1 amide bonds. The average Bonchev–Trinajstić information content (AvgIpc) is 2.40. The molecule has 6 heteroatoms. The molecule has 0 unspecified atom stereocenters. The number of benzene rings is 1. The Bertz CT molecular complexity index is 488. The van der Waals surface area contributed by atoms with Crippen molar-refractivity contribution in [1.82, 2.24) is 4.90 Å². The summed E-state index contributed by atoms with van der Waals surface area (Å²) >= 11 is 0. The Hall–Kier alpha value is -2.24. The summed E-state index contributed by atoms with van der Waals surface area (Å²) in [7, 11) is 1.53. The van der Waals surface area contributed by atoms with Gasteiger partial charge >= 0.3 is 5.97 Å². The van der Waals surface area contributed by atoms with E-state index in [1.165, 1.54) is 11.9 Å². The Morgan fingerprint density at radius 2 is 1.95 bits per heavy atom. The van der Waals surface area contributed by atoms with Crippen LogP contribution in [0.3, 0.4) is 0 Å². The average molecular weight is 280 g/mol. The summed E-state index contributed by atoms with van der Waals surface area (Å²) in [6.45, 7) is 4.08. The van der Waals surface area contributed by atoms with Crippen LogP contribution in [0, 0.1) is 0 Å². The smallest absolute Gasteiger partial charge is 0.325 e. The molecule has 0 aliphatic carbocycles. The molecule has 1 aromatic carbocycles. The van der Waals surface area contributed by atoms with E-state index in [2.05, 4.69) is 0 Å². The first-order valence-electron chi connectivity index (χ1n) is 6.43. The quantitative estimate of drug-likeness (QED) is 0.627. The summed E-state index contributed by atoms with van der Waals surface area (Å²) < 4.78 is 10.2. The number of rotatable bonds is 6. The molecular formula is C14H20N2O4. The fraction of sp³-hybridized carbons (Fsp3) is 0.429. The lowest BCUT2D eigenvalue weighted by molar-refractivity contribution is -0.143. The number of hydrogen-bond donors (Lipinski definition) is 1. The highest BCUT2D eigenvalue weighted by Crippen LogP contribution is 2.27. The number of carbonyl (C=O) groups is 2. The lowest BCUT2D eigenvalue weighted by Gasteiger charge is -2.18. The molecule has 2 N–H and O–H groups in total. The number of likely N-dealkylation sites (N-methyl/N-ethyl adjacent to an activating group) is 1. The first kappa shape index (κ1) is 15.8. The Morgan fingerprint density at radius 1 is 1.25 bits per heavy atom. The van der Waals surface area contributed by atoms with Crippen LogP contribution in [0.2, 0.25) is 0 Å². The highest BCUT2D eigenvalue weighted by atomic mass is 16.5. The molecule has 0 bridgehead atoms. The zero-order chi connectivity index (χ0) is 15.1. The second-order valence-electron chi connectivity index (χ2n) is 4.12. The molecule has 110 valence electrons. The third-order valence-corrected chi connectivity index (χ3v) is 2.58. The summed E-state index contributed by atoms with van der Waals surface area (Å²) in [5, 5.41) is 0. The number of nitrogens with zero attached hydrogens (tertiary/aromatic N) is 1. The molecule has 0 aliphatic rings. The van der Waals surface area contributed by atoms with Gasteiger partial charge in [0.1, 0.15) is 6.54 Å². The van der Waals surface area contributed by atoms with Crippen LogP contribution in [-0.2, 0) is 9.53 Å². The van der Waals surface area contributed by atoms with Crippen molar-refractivity contribution in [3.63, 3.8) is 0 Å². The van der Waals surface area contributed by atoms with Crippen LogP contribution in [0.4, 0.5) is 5.69 Å². The van der Waals surface area contributed by atoms with Gasteiger partial charge in [-0.05, 0) is 26.0 Å². The van der Waals surface area contributed by atoms with E-state index < -0.39 is 5.97 Å². The fourth-order valence-electron chi connectivity index (χ4n) is 1.71. The predicted molar refractivity (Wildman–Crippen MR) is 75.6 cm³/mol. The van der Waals surface area contributed by atoms with Gasteiger partial charge in [-0.1, -0.05) is 6.07 Å². The van der Waals surface area contributed by atoms with Crippen molar-refractivity contribution >= 4 is 17.6 Å². The van der Waals surface area contributed by atoms with Crippen LogP contribution >= 0.6 is 0 Å². The van der Waals surface area contributed by atoms with E-state index in [1.807, 2.05) is 6.92 Å². The SMILES string of the molecule is CCOC(=O)CN(C)C(=O)c1cccc(N)c1OCC. The van der Waals surface area contributed by atoms with Crippen LogP contribution in [-0.4, -0.2) is 43.6 Å². The number of para-hydroxylation sites is 1. The lowest BCUT2D eigenvalue weighted by Crippen LogP contribution is -2.33. The zero-order valence-electron chi connectivity index (χ0n) is 12.0. The van der Waals surface area contributed by atoms with E-state index in [0.717, 1.165) is 0 Å². The summed E-state index contributed by atoms with van der Waals surface area (Å²) in [5.41, 5.74) is 6.53. The van der Waals surface area contributed by atoms with Crippen molar-refractivity contribution in [3.8, 4) is 5.75 Å². The minimum atomic E-state index is -0.454. The van der Waals surface area contributed by atoms with Gasteiger partial charge in [-0.15, -0.1) is 0 Å². The fourth-order valence-corrected chi connectivity index (χ4v) is 1.71. The van der Waals surface area contributed by atoms with Gasteiger partial charge in [0.2, 0.25) is 0 Å². The van der Waals surface area contributed by atoms with Crippen molar-refractivity contribution < 1.29 is 19.1 Å². The van der Waals surface area contributed by atoms with Crippen LogP contribution in [0.1, 0.15) is 24.2 Å². The van der Waals surface area contributed by atoms with E-state index in [9.17, 15) is 9.59 Å². The summed E-state index contributed by atoms with van der Waals surface area (Å²) in [4.78, 5) is 25.0. The highest BCUT2D eigenvalue weighted by Gasteiger charge is 2.20. The molecule has 0 atom stereocenters. The topological polar surface area (TPSA) is 81.9 Å². The molecule has 0 radical (unpaired) electrons. The second-order valence-corrected chi connectivity index (χ2v) is 4.12. The van der Waals surface area contributed by atoms with Gasteiger partial charge in [-0.2, -0.15) is 0 Å².